The van der Waals surface area contributed by atoms with E-state index < -0.39 is 0 Å². The van der Waals surface area contributed by atoms with Gasteiger partial charge in [0.15, 0.2) is 0 Å². The number of aromatic nitrogens is 3. The van der Waals surface area contributed by atoms with Gasteiger partial charge in [-0.15, -0.1) is 5.10 Å². The Bertz CT molecular complexity index is 481. The van der Waals surface area contributed by atoms with Crippen molar-refractivity contribution >= 4 is 16.3 Å². The minimum atomic E-state index is -0.371. The molecule has 1 N–H and O–H groups in total. The van der Waals surface area contributed by atoms with E-state index in [1.54, 1.807) is 23.1 Å². The second-order valence-electron chi connectivity index (χ2n) is 3.34. The Balaban J connectivity index is 1.72. The van der Waals surface area contributed by atoms with Gasteiger partial charge in [0, 0.05) is 30.2 Å². The lowest BCUT2D eigenvalue weighted by Gasteiger charge is -2.02. The molecule has 0 atom stereocenters. The van der Waals surface area contributed by atoms with Crippen LogP contribution in [0.3, 0.4) is 0 Å². The Labute approximate surface area is 101 Å². The number of nitro groups is 1. The zero-order valence-corrected chi connectivity index (χ0v) is 9.76. The second-order valence-corrected chi connectivity index (χ2v) is 4.49. The number of nitrogens with one attached hydrogen (secondary N) is 1. The molecule has 0 aliphatic carbocycles. The number of hydrogen-bond donors (Lipinski definition) is 1. The average Bonchev–Trinajstić information content (AvgIpc) is 2.96. The van der Waals surface area contributed by atoms with Crippen molar-refractivity contribution in [2.45, 2.75) is 13.1 Å². The van der Waals surface area contributed by atoms with Gasteiger partial charge in [-0.05, 0) is 6.07 Å². The van der Waals surface area contributed by atoms with E-state index in [4.69, 9.17) is 0 Å². The molecule has 0 saturated heterocycles. The molecule has 2 aromatic rings. The van der Waals surface area contributed by atoms with Crippen molar-refractivity contribution in [1.82, 2.24) is 20.3 Å². The van der Waals surface area contributed by atoms with Gasteiger partial charge < -0.3 is 5.32 Å². The van der Waals surface area contributed by atoms with E-state index in [1.165, 1.54) is 17.4 Å². The van der Waals surface area contributed by atoms with Gasteiger partial charge in [0.1, 0.15) is 0 Å². The number of nitrogens with zero attached hydrogens (tertiary/aromatic N) is 4. The highest BCUT2D eigenvalue weighted by Gasteiger charge is 2.08. The highest BCUT2D eigenvalue weighted by Crippen LogP contribution is 2.23. The van der Waals surface area contributed by atoms with Gasteiger partial charge in [-0.2, -0.15) is 0 Å². The van der Waals surface area contributed by atoms with Gasteiger partial charge in [0.2, 0.25) is 0 Å². The van der Waals surface area contributed by atoms with Crippen LogP contribution in [0.25, 0.3) is 0 Å². The minimum absolute atomic E-state index is 0.179. The van der Waals surface area contributed by atoms with Crippen LogP contribution in [-0.4, -0.2) is 26.5 Å². The summed E-state index contributed by atoms with van der Waals surface area (Å²) in [4.78, 5) is 11.1. The predicted octanol–water partition coefficient (Wildman–Crippen LogP) is 1.04. The van der Waals surface area contributed by atoms with Crippen LogP contribution in [0.5, 0.6) is 0 Å². The largest absolute Gasteiger partial charge is 0.324 e. The molecule has 0 saturated carbocycles. The second kappa shape index (κ2) is 5.51. The molecule has 0 aromatic carbocycles. The maximum Gasteiger partial charge on any atom is 0.324 e. The molecular weight excluding hydrogens is 242 g/mol. The number of thiophene rings is 1. The molecular formula is C9H11N5O2S. The van der Waals surface area contributed by atoms with Gasteiger partial charge in [0.25, 0.3) is 0 Å². The minimum Gasteiger partial charge on any atom is -0.310 e. The lowest BCUT2D eigenvalue weighted by atomic mass is 10.4. The summed E-state index contributed by atoms with van der Waals surface area (Å²) in [6.07, 6.45) is 3.42. The molecule has 2 rings (SSSR count). The monoisotopic (exact) mass is 253 g/mol. The molecule has 0 spiro atoms. The Kier molecular flexibility index (Phi) is 3.78. The Morgan fingerprint density at radius 2 is 2.41 bits per heavy atom. The third kappa shape index (κ3) is 3.33. The van der Waals surface area contributed by atoms with Crippen LogP contribution in [0, 0.1) is 10.1 Å². The fraction of sp³-hybridized carbons (Fsp3) is 0.333. The van der Waals surface area contributed by atoms with E-state index >= 15 is 0 Å². The summed E-state index contributed by atoms with van der Waals surface area (Å²) in [5.74, 6) is 0. The molecule has 17 heavy (non-hydrogen) atoms. The molecule has 0 aliphatic heterocycles. The molecule has 0 aliphatic rings. The lowest BCUT2D eigenvalue weighted by Crippen LogP contribution is -2.19. The summed E-state index contributed by atoms with van der Waals surface area (Å²) in [5.41, 5.74) is 0. The molecule has 0 fully saturated rings. The fourth-order valence-corrected chi connectivity index (χ4v) is 2.11. The van der Waals surface area contributed by atoms with E-state index in [-0.39, 0.29) is 9.92 Å². The molecule has 0 unspecified atom stereocenters. The summed E-state index contributed by atoms with van der Waals surface area (Å²) >= 11 is 1.19. The van der Waals surface area contributed by atoms with E-state index in [9.17, 15) is 10.1 Å². The summed E-state index contributed by atoms with van der Waals surface area (Å²) in [7, 11) is 0. The van der Waals surface area contributed by atoms with Crippen molar-refractivity contribution in [3.63, 3.8) is 0 Å². The Hall–Kier alpha value is -1.80. The molecule has 8 heteroatoms. The van der Waals surface area contributed by atoms with Gasteiger partial charge in [-0.3, -0.25) is 14.8 Å². The molecule has 90 valence electrons. The standard InChI is InChI=1S/C9H11N5O2S/c15-14(16)9-2-1-8(17-9)7-10-3-5-13-6-4-11-12-13/h1-2,4,6,10H,3,5,7H2. The normalized spacial score (nSPS) is 10.6. The number of rotatable bonds is 6. The summed E-state index contributed by atoms with van der Waals surface area (Å²) < 4.78 is 1.73. The van der Waals surface area contributed by atoms with Gasteiger partial charge in [0.05, 0.1) is 17.7 Å². The zero-order valence-electron chi connectivity index (χ0n) is 8.94. The molecule has 2 heterocycles. The topological polar surface area (TPSA) is 85.9 Å². The smallest absolute Gasteiger partial charge is 0.310 e. The van der Waals surface area contributed by atoms with Crippen LogP contribution >= 0.6 is 11.3 Å². The summed E-state index contributed by atoms with van der Waals surface area (Å²) in [6.45, 7) is 2.11. The van der Waals surface area contributed by atoms with Crippen molar-refractivity contribution in [3.05, 3.63) is 39.5 Å². The van der Waals surface area contributed by atoms with Gasteiger partial charge in [-0.1, -0.05) is 16.6 Å². The molecule has 2 aromatic heterocycles. The van der Waals surface area contributed by atoms with Crippen molar-refractivity contribution in [2.75, 3.05) is 6.54 Å². The highest BCUT2D eigenvalue weighted by atomic mass is 32.1. The van der Waals surface area contributed by atoms with Gasteiger partial charge >= 0.3 is 5.00 Å². The molecule has 7 nitrogen and oxygen atoms in total. The first-order chi connectivity index (χ1) is 8.25. The van der Waals surface area contributed by atoms with Crippen molar-refractivity contribution < 1.29 is 4.92 Å². The zero-order chi connectivity index (χ0) is 12.1. The van der Waals surface area contributed by atoms with Crippen molar-refractivity contribution in [1.29, 1.82) is 0 Å². The van der Waals surface area contributed by atoms with Crippen LogP contribution < -0.4 is 5.32 Å². The third-order valence-electron chi connectivity index (χ3n) is 2.12. The SMILES string of the molecule is O=[N+]([O-])c1ccc(CNCCn2ccnn2)s1. The first-order valence-electron chi connectivity index (χ1n) is 5.03. The first-order valence-corrected chi connectivity index (χ1v) is 5.85. The van der Waals surface area contributed by atoms with Crippen LogP contribution in [0.2, 0.25) is 0 Å². The maximum absolute atomic E-state index is 10.5. The Morgan fingerprint density at radius 3 is 3.06 bits per heavy atom. The van der Waals surface area contributed by atoms with Crippen LogP contribution in [-0.2, 0) is 13.1 Å². The average molecular weight is 253 g/mol. The van der Waals surface area contributed by atoms with E-state index in [0.29, 0.717) is 6.54 Å². The third-order valence-corrected chi connectivity index (χ3v) is 3.15. The Morgan fingerprint density at radius 1 is 1.53 bits per heavy atom. The molecule has 0 radical (unpaired) electrons. The molecule has 0 amide bonds. The highest BCUT2D eigenvalue weighted by molar-refractivity contribution is 7.15. The van der Waals surface area contributed by atoms with E-state index in [1.807, 2.05) is 0 Å². The first kappa shape index (κ1) is 11.7. The summed E-state index contributed by atoms with van der Waals surface area (Å²) in [5, 5.41) is 21.4. The van der Waals surface area contributed by atoms with E-state index in [2.05, 4.69) is 15.6 Å². The molecule has 0 bridgehead atoms. The predicted molar refractivity (Wildman–Crippen MR) is 62.7 cm³/mol. The maximum atomic E-state index is 10.5. The van der Waals surface area contributed by atoms with E-state index in [0.717, 1.165) is 18.0 Å². The quantitative estimate of drug-likeness (QED) is 0.472. The van der Waals surface area contributed by atoms with Crippen molar-refractivity contribution in [2.24, 2.45) is 0 Å². The lowest BCUT2D eigenvalue weighted by molar-refractivity contribution is -0.380. The van der Waals surface area contributed by atoms with Gasteiger partial charge in [-0.25, -0.2) is 0 Å². The fourth-order valence-electron chi connectivity index (χ4n) is 1.32. The van der Waals surface area contributed by atoms with Crippen LogP contribution in [0.15, 0.2) is 24.5 Å². The summed E-state index contributed by atoms with van der Waals surface area (Å²) in [6, 6.07) is 3.30. The van der Waals surface area contributed by atoms with Crippen molar-refractivity contribution in [3.8, 4) is 0 Å². The number of hydrogen-bond acceptors (Lipinski definition) is 6. The van der Waals surface area contributed by atoms with Crippen LogP contribution in [0.1, 0.15) is 4.88 Å². The van der Waals surface area contributed by atoms with Crippen LogP contribution in [0.4, 0.5) is 5.00 Å².